The van der Waals surface area contributed by atoms with E-state index >= 15 is 4.39 Å². The summed E-state index contributed by atoms with van der Waals surface area (Å²) in [4.78, 5) is 27.9. The zero-order valence-electron chi connectivity index (χ0n) is 16.3. The third kappa shape index (κ3) is 2.71. The smallest absolute Gasteiger partial charge is 0.271 e. The molecule has 2 fully saturated rings. The van der Waals surface area contributed by atoms with Gasteiger partial charge in [-0.2, -0.15) is 0 Å². The number of nitrogens with one attached hydrogen (secondary N) is 1. The van der Waals surface area contributed by atoms with Crippen molar-refractivity contribution in [3.63, 3.8) is 0 Å². The lowest BCUT2D eigenvalue weighted by atomic mass is 10.0. The van der Waals surface area contributed by atoms with Crippen molar-refractivity contribution in [2.24, 2.45) is 11.7 Å². The van der Waals surface area contributed by atoms with Gasteiger partial charge >= 0.3 is 0 Å². The fraction of sp³-hybridized carbons (Fsp3) is 0.500. The first-order chi connectivity index (χ1) is 13.9. The van der Waals surface area contributed by atoms with Crippen LogP contribution >= 0.6 is 11.5 Å². The van der Waals surface area contributed by atoms with Gasteiger partial charge in [-0.1, -0.05) is 0 Å². The Kier molecular flexibility index (Phi) is 4.22. The summed E-state index contributed by atoms with van der Waals surface area (Å²) >= 11 is 1.15. The molecule has 9 heteroatoms. The molecular formula is C20H23FN4O3S. The molecule has 7 nitrogen and oxygen atoms in total. The quantitative estimate of drug-likeness (QED) is 0.679. The summed E-state index contributed by atoms with van der Waals surface area (Å²) in [7, 11) is 1.50. The number of rotatable bonds is 4. The number of hydrogen-bond acceptors (Lipinski definition) is 6. The molecular weight excluding hydrogens is 395 g/mol. The second-order valence-corrected chi connectivity index (χ2v) is 8.93. The lowest BCUT2D eigenvalue weighted by Crippen LogP contribution is -2.30. The van der Waals surface area contributed by atoms with Gasteiger partial charge in [0.2, 0.25) is 5.43 Å². The molecule has 1 aliphatic heterocycles. The third-order valence-electron chi connectivity index (χ3n) is 6.20. The van der Waals surface area contributed by atoms with Gasteiger partial charge in [0, 0.05) is 25.2 Å². The van der Waals surface area contributed by atoms with Crippen LogP contribution in [0.5, 0.6) is 5.75 Å². The minimum Gasteiger partial charge on any atom is -0.492 e. The van der Waals surface area contributed by atoms with Crippen molar-refractivity contribution in [3.8, 4) is 5.75 Å². The number of fused-ring (bicyclic) bond motifs is 2. The van der Waals surface area contributed by atoms with Crippen molar-refractivity contribution in [2.45, 2.75) is 38.3 Å². The predicted octanol–water partition coefficient (Wildman–Crippen LogP) is 2.56. The lowest BCUT2D eigenvalue weighted by molar-refractivity contribution is 0.413. The number of H-pyrrole nitrogens is 1. The van der Waals surface area contributed by atoms with Gasteiger partial charge in [-0.05, 0) is 49.7 Å². The maximum Gasteiger partial charge on any atom is 0.271 e. The molecule has 0 bridgehead atoms. The van der Waals surface area contributed by atoms with E-state index in [9.17, 15) is 9.59 Å². The topological polar surface area (TPSA) is 93.3 Å². The Bertz CT molecular complexity index is 1240. The molecule has 2 atom stereocenters. The number of benzene rings is 1. The molecule has 3 N–H and O–H groups in total. The molecule has 5 rings (SSSR count). The fourth-order valence-corrected chi connectivity index (χ4v) is 5.42. The second kappa shape index (κ2) is 6.56. The second-order valence-electron chi connectivity index (χ2n) is 8.13. The van der Waals surface area contributed by atoms with Crippen molar-refractivity contribution in [2.75, 3.05) is 25.1 Å². The van der Waals surface area contributed by atoms with Crippen LogP contribution in [-0.4, -0.2) is 35.2 Å². The summed E-state index contributed by atoms with van der Waals surface area (Å²) in [5.41, 5.74) is 6.14. The lowest BCUT2D eigenvalue weighted by Gasteiger charge is -2.25. The maximum absolute atomic E-state index is 15.3. The van der Waals surface area contributed by atoms with Crippen LogP contribution in [0.4, 0.5) is 10.1 Å². The molecule has 29 heavy (non-hydrogen) atoms. The van der Waals surface area contributed by atoms with E-state index in [0.717, 1.165) is 30.8 Å². The Morgan fingerprint density at radius 2 is 2.10 bits per heavy atom. The van der Waals surface area contributed by atoms with Crippen LogP contribution in [0.1, 0.15) is 32.2 Å². The number of nitrogens with zero attached hydrogens (tertiary/aromatic N) is 2. The Morgan fingerprint density at radius 1 is 1.34 bits per heavy atom. The molecule has 1 saturated heterocycles. The van der Waals surface area contributed by atoms with Gasteiger partial charge in [0.05, 0.1) is 18.0 Å². The van der Waals surface area contributed by atoms with Crippen LogP contribution in [-0.2, 0) is 0 Å². The van der Waals surface area contributed by atoms with Crippen LogP contribution in [0.2, 0.25) is 0 Å². The number of anilines is 1. The summed E-state index contributed by atoms with van der Waals surface area (Å²) in [5.74, 6) is 0.125. The largest absolute Gasteiger partial charge is 0.492 e. The molecule has 1 unspecified atom stereocenters. The molecule has 3 aromatic rings. The van der Waals surface area contributed by atoms with Crippen molar-refractivity contribution in [1.29, 1.82) is 0 Å². The average molecular weight is 418 g/mol. The summed E-state index contributed by atoms with van der Waals surface area (Å²) < 4.78 is 25.7. The van der Waals surface area contributed by atoms with Crippen molar-refractivity contribution >= 4 is 38.3 Å². The highest BCUT2D eigenvalue weighted by Gasteiger charge is 2.34. The molecule has 0 amide bonds. The summed E-state index contributed by atoms with van der Waals surface area (Å²) in [6.07, 6.45) is 2.78. The SMILES string of the molecule is COc1c(N2CC[C@H](C(C)N)C2)c(F)cc2c(=O)c3c(=O)[nH]sc3n(C3CC3)c12. The van der Waals surface area contributed by atoms with Gasteiger partial charge < -0.3 is 19.9 Å². The van der Waals surface area contributed by atoms with Crippen LogP contribution in [0.3, 0.4) is 0 Å². The predicted molar refractivity (Wildman–Crippen MR) is 113 cm³/mol. The van der Waals surface area contributed by atoms with Crippen molar-refractivity contribution in [1.82, 2.24) is 8.94 Å². The first-order valence-electron chi connectivity index (χ1n) is 9.88. The Morgan fingerprint density at radius 3 is 2.72 bits per heavy atom. The van der Waals surface area contributed by atoms with E-state index in [1.807, 2.05) is 16.4 Å². The molecule has 2 aliphatic rings. The Hall–Kier alpha value is -2.39. The number of ether oxygens (including phenoxy) is 1. The normalized spacial score (nSPS) is 20.7. The Balaban J connectivity index is 1.84. The fourth-order valence-electron chi connectivity index (χ4n) is 4.51. The standard InChI is InChI=1S/C20H23FN4O3S/c1-9(22)10-5-6-24(8-10)16-13(21)7-12-15(18(16)28-2)25(11-3-4-11)20-14(17(12)26)19(27)23-29-20/h7,9-11H,3-6,8,22H2,1-2H3,(H,23,27)/t9?,10-/m0/s1. The van der Waals surface area contributed by atoms with Crippen LogP contribution in [0, 0.1) is 11.7 Å². The molecule has 1 aliphatic carbocycles. The van der Waals surface area contributed by atoms with E-state index in [1.54, 1.807) is 0 Å². The monoisotopic (exact) mass is 418 g/mol. The number of halogens is 1. The van der Waals surface area contributed by atoms with Gasteiger partial charge in [0.1, 0.15) is 15.9 Å². The summed E-state index contributed by atoms with van der Waals surface area (Å²) in [6, 6.07) is 1.47. The highest BCUT2D eigenvalue weighted by Crippen LogP contribution is 2.46. The minimum absolute atomic E-state index is 0.0240. The molecule has 0 spiro atoms. The molecule has 154 valence electrons. The summed E-state index contributed by atoms with van der Waals surface area (Å²) in [5, 5.41) is 0.288. The number of aromatic nitrogens is 2. The van der Waals surface area contributed by atoms with E-state index < -0.39 is 16.8 Å². The number of aromatic amines is 1. The van der Waals surface area contributed by atoms with Crippen molar-refractivity contribution in [3.05, 3.63) is 32.5 Å². The van der Waals surface area contributed by atoms with Crippen LogP contribution in [0.15, 0.2) is 15.7 Å². The van der Waals surface area contributed by atoms with E-state index in [0.29, 0.717) is 34.9 Å². The number of methoxy groups -OCH3 is 1. The van der Waals surface area contributed by atoms with Crippen LogP contribution in [0.25, 0.3) is 21.1 Å². The van der Waals surface area contributed by atoms with Gasteiger partial charge in [-0.15, -0.1) is 0 Å². The maximum atomic E-state index is 15.3. The zero-order valence-corrected chi connectivity index (χ0v) is 17.1. The van der Waals surface area contributed by atoms with Crippen LogP contribution < -0.4 is 26.4 Å². The molecule has 3 heterocycles. The van der Waals surface area contributed by atoms with Crippen molar-refractivity contribution < 1.29 is 9.13 Å². The first-order valence-corrected chi connectivity index (χ1v) is 10.7. The van der Waals surface area contributed by atoms with Gasteiger partial charge in [0.25, 0.3) is 5.56 Å². The van der Waals surface area contributed by atoms with Gasteiger partial charge in [-0.3, -0.25) is 14.0 Å². The third-order valence-corrected chi connectivity index (χ3v) is 7.08. The first kappa shape index (κ1) is 18.6. The average Bonchev–Trinajstić information content (AvgIpc) is 3.26. The number of hydrogen-bond donors (Lipinski definition) is 2. The van der Waals surface area contributed by atoms with Gasteiger partial charge in [-0.25, -0.2) is 4.39 Å². The molecule has 1 saturated carbocycles. The van der Waals surface area contributed by atoms with E-state index in [4.69, 9.17) is 10.5 Å². The highest BCUT2D eigenvalue weighted by atomic mass is 32.1. The molecule has 1 aromatic carbocycles. The van der Waals surface area contributed by atoms with E-state index in [-0.39, 0.29) is 28.8 Å². The number of pyridine rings is 1. The van der Waals surface area contributed by atoms with Gasteiger partial charge in [0.15, 0.2) is 11.6 Å². The Labute approximate surface area is 170 Å². The minimum atomic E-state index is -0.509. The highest BCUT2D eigenvalue weighted by molar-refractivity contribution is 7.12. The molecule has 2 aromatic heterocycles. The molecule has 0 radical (unpaired) electrons. The summed E-state index contributed by atoms with van der Waals surface area (Å²) in [6.45, 7) is 3.29. The number of nitrogens with two attached hydrogens (primary N) is 1. The van der Waals surface area contributed by atoms with E-state index in [2.05, 4.69) is 4.37 Å². The van der Waals surface area contributed by atoms with E-state index in [1.165, 1.54) is 13.2 Å². The zero-order chi connectivity index (χ0) is 20.4.